The van der Waals surface area contributed by atoms with Gasteiger partial charge in [-0.15, -0.1) is 0 Å². The van der Waals surface area contributed by atoms with E-state index in [0.29, 0.717) is 15.4 Å². The van der Waals surface area contributed by atoms with Crippen molar-refractivity contribution in [2.24, 2.45) is 0 Å². The molecule has 0 aliphatic heterocycles. The molecule has 0 bridgehead atoms. The van der Waals surface area contributed by atoms with Gasteiger partial charge in [0.15, 0.2) is 5.69 Å². The van der Waals surface area contributed by atoms with Crippen molar-refractivity contribution in [1.82, 2.24) is 4.98 Å². The van der Waals surface area contributed by atoms with Crippen molar-refractivity contribution in [3.05, 3.63) is 38.9 Å². The lowest BCUT2D eigenvalue weighted by molar-refractivity contribution is -0.141. The van der Waals surface area contributed by atoms with Gasteiger partial charge in [0.05, 0.1) is 5.52 Å². The summed E-state index contributed by atoms with van der Waals surface area (Å²) in [6.45, 7) is 0. The van der Waals surface area contributed by atoms with Gasteiger partial charge in [-0.3, -0.25) is 0 Å². The SMILES string of the molecule is FC(F)(F)c1nc2cccc(Br)c2cc1Br. The molecule has 2 aromatic rings. The Morgan fingerprint density at radius 2 is 1.75 bits per heavy atom. The Kier molecular flexibility index (Phi) is 2.96. The van der Waals surface area contributed by atoms with Crippen molar-refractivity contribution in [3.8, 4) is 0 Å². The summed E-state index contributed by atoms with van der Waals surface area (Å²) in [6.07, 6.45) is -4.45. The molecule has 16 heavy (non-hydrogen) atoms. The van der Waals surface area contributed by atoms with E-state index in [1.165, 1.54) is 6.07 Å². The molecule has 84 valence electrons. The summed E-state index contributed by atoms with van der Waals surface area (Å²) in [5.74, 6) is 0. The number of pyridine rings is 1. The van der Waals surface area contributed by atoms with E-state index >= 15 is 0 Å². The second kappa shape index (κ2) is 4.00. The average molecular weight is 355 g/mol. The van der Waals surface area contributed by atoms with Crippen LogP contribution in [0.15, 0.2) is 33.2 Å². The fraction of sp³-hybridized carbons (Fsp3) is 0.100. The molecular weight excluding hydrogens is 351 g/mol. The van der Waals surface area contributed by atoms with Crippen LogP contribution in [0.3, 0.4) is 0 Å². The quantitative estimate of drug-likeness (QED) is 0.663. The highest BCUT2D eigenvalue weighted by Gasteiger charge is 2.35. The van der Waals surface area contributed by atoms with E-state index in [0.717, 1.165) is 0 Å². The molecule has 0 unspecified atom stereocenters. The number of hydrogen-bond acceptors (Lipinski definition) is 1. The van der Waals surface area contributed by atoms with E-state index in [-0.39, 0.29) is 4.47 Å². The van der Waals surface area contributed by atoms with Gasteiger partial charge < -0.3 is 0 Å². The molecule has 0 saturated carbocycles. The molecule has 0 amide bonds. The van der Waals surface area contributed by atoms with Gasteiger partial charge >= 0.3 is 6.18 Å². The first-order chi connectivity index (χ1) is 7.39. The topological polar surface area (TPSA) is 12.9 Å². The molecule has 1 aromatic carbocycles. The summed E-state index contributed by atoms with van der Waals surface area (Å²) in [4.78, 5) is 3.60. The fourth-order valence-corrected chi connectivity index (χ4v) is 2.35. The Labute approximate surface area is 106 Å². The highest BCUT2D eigenvalue weighted by atomic mass is 79.9. The third-order valence-corrected chi connectivity index (χ3v) is 3.32. The Hall–Kier alpha value is -0.620. The van der Waals surface area contributed by atoms with Crippen LogP contribution in [0, 0.1) is 0 Å². The number of halogens is 5. The first-order valence-corrected chi connectivity index (χ1v) is 5.80. The number of benzene rings is 1. The van der Waals surface area contributed by atoms with Crippen LogP contribution < -0.4 is 0 Å². The predicted octanol–water partition coefficient (Wildman–Crippen LogP) is 4.78. The normalized spacial score (nSPS) is 12.1. The molecule has 0 fully saturated rings. The van der Waals surface area contributed by atoms with E-state index in [1.807, 2.05) is 0 Å². The number of fused-ring (bicyclic) bond motifs is 1. The Balaban J connectivity index is 2.78. The number of rotatable bonds is 0. The lowest BCUT2D eigenvalue weighted by Gasteiger charge is -2.09. The van der Waals surface area contributed by atoms with Gasteiger partial charge in [0.1, 0.15) is 0 Å². The van der Waals surface area contributed by atoms with Crippen LogP contribution in [0.4, 0.5) is 13.2 Å². The fourth-order valence-electron chi connectivity index (χ4n) is 1.33. The Bertz CT molecular complexity index is 551. The van der Waals surface area contributed by atoms with Gasteiger partial charge in [-0.25, -0.2) is 4.98 Å². The molecular formula is C10H4Br2F3N. The number of alkyl halides is 3. The highest BCUT2D eigenvalue weighted by molar-refractivity contribution is 9.11. The van der Waals surface area contributed by atoms with Crippen molar-refractivity contribution >= 4 is 42.8 Å². The standard InChI is InChI=1S/C10H4Br2F3N/c11-6-2-1-3-8-5(6)4-7(12)9(16-8)10(13,14)15/h1-4H. The first-order valence-electron chi connectivity index (χ1n) is 4.21. The molecule has 0 aliphatic carbocycles. The van der Waals surface area contributed by atoms with Crippen molar-refractivity contribution in [2.75, 3.05) is 0 Å². The predicted molar refractivity (Wildman–Crippen MR) is 62.1 cm³/mol. The molecule has 1 heterocycles. The van der Waals surface area contributed by atoms with Gasteiger partial charge in [0.2, 0.25) is 0 Å². The van der Waals surface area contributed by atoms with E-state index in [4.69, 9.17) is 0 Å². The van der Waals surface area contributed by atoms with Crippen LogP contribution in [0.2, 0.25) is 0 Å². The third kappa shape index (κ3) is 2.08. The monoisotopic (exact) mass is 353 g/mol. The number of aromatic nitrogens is 1. The molecule has 0 aliphatic rings. The van der Waals surface area contributed by atoms with Crippen molar-refractivity contribution in [3.63, 3.8) is 0 Å². The van der Waals surface area contributed by atoms with E-state index in [1.54, 1.807) is 18.2 Å². The summed E-state index contributed by atoms with van der Waals surface area (Å²) >= 11 is 6.15. The largest absolute Gasteiger partial charge is 0.434 e. The van der Waals surface area contributed by atoms with Crippen LogP contribution >= 0.6 is 31.9 Å². The minimum Gasteiger partial charge on any atom is -0.242 e. The van der Waals surface area contributed by atoms with Crippen molar-refractivity contribution in [2.45, 2.75) is 6.18 Å². The summed E-state index contributed by atoms with van der Waals surface area (Å²) in [5, 5.41) is 0.641. The molecule has 6 heteroatoms. The maximum Gasteiger partial charge on any atom is 0.434 e. The molecule has 0 spiro atoms. The minimum absolute atomic E-state index is 0.0561. The molecule has 0 N–H and O–H groups in total. The molecule has 1 nitrogen and oxygen atoms in total. The second-order valence-corrected chi connectivity index (χ2v) is 4.83. The minimum atomic E-state index is -4.45. The van der Waals surface area contributed by atoms with Gasteiger partial charge in [-0.1, -0.05) is 22.0 Å². The molecule has 2 rings (SSSR count). The third-order valence-electron chi connectivity index (χ3n) is 2.03. The zero-order chi connectivity index (χ0) is 11.9. The van der Waals surface area contributed by atoms with Gasteiger partial charge in [0.25, 0.3) is 0 Å². The van der Waals surface area contributed by atoms with Crippen LogP contribution in [0.25, 0.3) is 10.9 Å². The maximum absolute atomic E-state index is 12.6. The van der Waals surface area contributed by atoms with Gasteiger partial charge in [-0.2, -0.15) is 13.2 Å². The van der Waals surface area contributed by atoms with E-state index in [9.17, 15) is 13.2 Å². The van der Waals surface area contributed by atoms with Crippen molar-refractivity contribution < 1.29 is 13.2 Å². The Morgan fingerprint density at radius 3 is 2.38 bits per heavy atom. The van der Waals surface area contributed by atoms with Crippen LogP contribution in [0.5, 0.6) is 0 Å². The van der Waals surface area contributed by atoms with E-state index in [2.05, 4.69) is 36.8 Å². The maximum atomic E-state index is 12.6. The van der Waals surface area contributed by atoms with Crippen LogP contribution in [-0.4, -0.2) is 4.98 Å². The second-order valence-electron chi connectivity index (χ2n) is 3.12. The highest BCUT2D eigenvalue weighted by Crippen LogP contribution is 2.36. The van der Waals surface area contributed by atoms with Crippen LogP contribution in [0.1, 0.15) is 5.69 Å². The number of nitrogens with zero attached hydrogens (tertiary/aromatic N) is 1. The number of hydrogen-bond donors (Lipinski definition) is 0. The molecule has 0 saturated heterocycles. The lowest BCUT2D eigenvalue weighted by Crippen LogP contribution is -2.09. The van der Waals surface area contributed by atoms with Crippen LogP contribution in [-0.2, 0) is 6.18 Å². The summed E-state index contributed by atoms with van der Waals surface area (Å²) in [5.41, 5.74) is -0.594. The van der Waals surface area contributed by atoms with E-state index < -0.39 is 11.9 Å². The first kappa shape index (κ1) is 11.9. The molecule has 0 atom stereocenters. The Morgan fingerprint density at radius 1 is 1.06 bits per heavy atom. The summed E-state index contributed by atoms with van der Waals surface area (Å²) < 4.78 is 38.4. The average Bonchev–Trinajstić information content (AvgIpc) is 2.17. The zero-order valence-corrected chi connectivity index (χ0v) is 10.8. The molecule has 1 aromatic heterocycles. The lowest BCUT2D eigenvalue weighted by atomic mass is 10.2. The smallest absolute Gasteiger partial charge is 0.242 e. The summed E-state index contributed by atoms with van der Waals surface area (Å²) in [6, 6.07) is 6.36. The van der Waals surface area contributed by atoms with Gasteiger partial charge in [-0.05, 0) is 34.1 Å². The zero-order valence-electron chi connectivity index (χ0n) is 7.65. The van der Waals surface area contributed by atoms with Gasteiger partial charge in [0, 0.05) is 14.3 Å². The van der Waals surface area contributed by atoms with Crippen molar-refractivity contribution in [1.29, 1.82) is 0 Å². The summed E-state index contributed by atoms with van der Waals surface area (Å²) in [7, 11) is 0. The molecule has 0 radical (unpaired) electrons.